The van der Waals surface area contributed by atoms with Gasteiger partial charge < -0.3 is 9.64 Å². The number of benzene rings is 1. The van der Waals surface area contributed by atoms with Gasteiger partial charge in [0.2, 0.25) is 15.9 Å². The van der Waals surface area contributed by atoms with Crippen molar-refractivity contribution in [3.63, 3.8) is 0 Å². The minimum Gasteiger partial charge on any atom is -0.492 e. The second-order valence-corrected chi connectivity index (χ2v) is 8.92. The smallest absolute Gasteiger partial charge is 0.244 e. The van der Waals surface area contributed by atoms with E-state index in [0.29, 0.717) is 36.3 Å². The van der Waals surface area contributed by atoms with Gasteiger partial charge in [-0.15, -0.1) is 0 Å². The van der Waals surface area contributed by atoms with E-state index >= 15 is 0 Å². The molecule has 1 amide bonds. The number of amides is 1. The maximum atomic E-state index is 12.8. The van der Waals surface area contributed by atoms with Crippen molar-refractivity contribution >= 4 is 27.5 Å². The van der Waals surface area contributed by atoms with Crippen LogP contribution in [0.1, 0.15) is 32.1 Å². The van der Waals surface area contributed by atoms with Crippen LogP contribution in [-0.4, -0.2) is 45.5 Å². The molecule has 0 spiro atoms. The van der Waals surface area contributed by atoms with Crippen LogP contribution in [0.5, 0.6) is 5.75 Å². The maximum Gasteiger partial charge on any atom is 0.244 e. The fourth-order valence-corrected chi connectivity index (χ4v) is 4.56. The molecule has 0 radical (unpaired) electrons. The summed E-state index contributed by atoms with van der Waals surface area (Å²) >= 11 is 5.99. The van der Waals surface area contributed by atoms with Gasteiger partial charge in [0.1, 0.15) is 10.6 Å². The third-order valence-corrected chi connectivity index (χ3v) is 6.43. The third-order valence-electron chi connectivity index (χ3n) is 4.66. The molecule has 6 nitrogen and oxygen atoms in total. The first kappa shape index (κ1) is 18.5. The number of nitrogens with zero attached hydrogens (tertiary/aromatic N) is 1. The van der Waals surface area contributed by atoms with E-state index in [4.69, 9.17) is 16.3 Å². The Balaban J connectivity index is 1.73. The summed E-state index contributed by atoms with van der Waals surface area (Å²) in [5, 5.41) is 0.328. The van der Waals surface area contributed by atoms with Crippen LogP contribution in [0.15, 0.2) is 23.1 Å². The van der Waals surface area contributed by atoms with E-state index in [1.165, 1.54) is 18.9 Å². The van der Waals surface area contributed by atoms with Crippen LogP contribution in [0.25, 0.3) is 0 Å². The molecule has 8 heteroatoms. The zero-order chi connectivity index (χ0) is 18.0. The lowest BCUT2D eigenvalue weighted by Gasteiger charge is -2.29. The number of nitrogens with one attached hydrogen (secondary N) is 1. The summed E-state index contributed by atoms with van der Waals surface area (Å²) in [7, 11) is -2.10. The van der Waals surface area contributed by atoms with Gasteiger partial charge in [0.15, 0.2) is 0 Å². The molecule has 1 aromatic carbocycles. The van der Waals surface area contributed by atoms with E-state index in [-0.39, 0.29) is 17.2 Å². The fourth-order valence-electron chi connectivity index (χ4n) is 2.88. The Kier molecular flexibility index (Phi) is 5.55. The molecule has 2 fully saturated rings. The highest BCUT2D eigenvalue weighted by atomic mass is 35.5. The summed E-state index contributed by atoms with van der Waals surface area (Å²) in [5.74, 6) is 0.943. The maximum absolute atomic E-state index is 12.8. The number of hydrogen-bond acceptors (Lipinski definition) is 4. The van der Waals surface area contributed by atoms with Crippen molar-refractivity contribution in [1.82, 2.24) is 9.62 Å². The van der Waals surface area contributed by atoms with Crippen molar-refractivity contribution in [1.29, 1.82) is 0 Å². The molecule has 1 aliphatic heterocycles. The van der Waals surface area contributed by atoms with Crippen LogP contribution in [-0.2, 0) is 14.8 Å². The summed E-state index contributed by atoms with van der Waals surface area (Å²) in [6, 6.07) is 4.19. The molecular weight excluding hydrogens is 364 g/mol. The van der Waals surface area contributed by atoms with E-state index in [0.717, 1.165) is 6.42 Å². The van der Waals surface area contributed by atoms with Crippen LogP contribution < -0.4 is 9.46 Å². The molecule has 1 aliphatic carbocycles. The Hall–Kier alpha value is -1.31. The zero-order valence-electron chi connectivity index (χ0n) is 14.2. The molecule has 0 aromatic heterocycles. The normalized spacial score (nSPS) is 21.4. The van der Waals surface area contributed by atoms with Crippen molar-refractivity contribution in [2.45, 2.75) is 43.0 Å². The molecule has 1 saturated carbocycles. The Morgan fingerprint density at radius 2 is 2.08 bits per heavy atom. The first-order valence-corrected chi connectivity index (χ1v) is 10.4. The number of hydrogen-bond donors (Lipinski definition) is 1. The summed E-state index contributed by atoms with van der Waals surface area (Å²) in [5.41, 5.74) is 0. The number of carbonyl (C=O) groups excluding carboxylic acids is 1. The number of carbonyl (C=O) groups is 1. The van der Waals surface area contributed by atoms with Gasteiger partial charge in [-0.1, -0.05) is 24.4 Å². The number of rotatable bonds is 7. The quantitative estimate of drug-likeness (QED) is 0.780. The van der Waals surface area contributed by atoms with Gasteiger partial charge >= 0.3 is 0 Å². The number of likely N-dealkylation sites (tertiary alicyclic amines) is 1. The second-order valence-electron chi connectivity index (χ2n) is 6.80. The van der Waals surface area contributed by atoms with E-state index in [1.54, 1.807) is 24.1 Å². The van der Waals surface area contributed by atoms with E-state index in [1.807, 2.05) is 0 Å². The van der Waals surface area contributed by atoms with Gasteiger partial charge in [-0.3, -0.25) is 4.79 Å². The summed E-state index contributed by atoms with van der Waals surface area (Å²) in [6.07, 6.45) is 4.12. The van der Waals surface area contributed by atoms with Crippen molar-refractivity contribution in [2.75, 3.05) is 20.2 Å². The number of sulfonamides is 1. The van der Waals surface area contributed by atoms with Gasteiger partial charge in [-0.25, -0.2) is 13.1 Å². The number of ether oxygens (including phenoxy) is 1. The topological polar surface area (TPSA) is 75.7 Å². The first-order valence-electron chi connectivity index (χ1n) is 8.54. The molecule has 0 bridgehead atoms. The standard InChI is InChI=1S/C17H23ClN2O4S/c1-20-8-6-14(11-17(20)21)19-25(22,23)16-10-13(18)4-5-15(16)24-9-7-12-2-3-12/h4-5,10,12,14,19H,2-3,6-9,11H2,1H3/t14-/m1/s1. The predicted molar refractivity (Wildman–Crippen MR) is 95.3 cm³/mol. The van der Waals surface area contributed by atoms with E-state index in [2.05, 4.69) is 4.72 Å². The van der Waals surface area contributed by atoms with Crippen molar-refractivity contribution in [2.24, 2.45) is 5.92 Å². The van der Waals surface area contributed by atoms with Crippen LogP contribution >= 0.6 is 11.6 Å². The first-order chi connectivity index (χ1) is 11.8. The third kappa shape index (κ3) is 4.86. The molecule has 2 aliphatic rings. The summed E-state index contributed by atoms with van der Waals surface area (Å²) in [6.45, 7) is 1.02. The van der Waals surface area contributed by atoms with Crippen LogP contribution in [0, 0.1) is 5.92 Å². The number of halogens is 1. The largest absolute Gasteiger partial charge is 0.492 e. The average Bonchev–Trinajstić information content (AvgIpc) is 3.36. The second kappa shape index (κ2) is 7.51. The lowest BCUT2D eigenvalue weighted by atomic mass is 10.1. The highest BCUT2D eigenvalue weighted by molar-refractivity contribution is 7.89. The lowest BCUT2D eigenvalue weighted by molar-refractivity contribution is -0.132. The number of piperidine rings is 1. The summed E-state index contributed by atoms with van der Waals surface area (Å²) in [4.78, 5) is 13.4. The van der Waals surface area contributed by atoms with Gasteiger partial charge in [0.25, 0.3) is 0 Å². The molecule has 1 aromatic rings. The average molecular weight is 387 g/mol. The molecule has 1 atom stereocenters. The van der Waals surface area contributed by atoms with Crippen LogP contribution in [0.3, 0.4) is 0 Å². The van der Waals surface area contributed by atoms with Gasteiger partial charge in [0.05, 0.1) is 6.61 Å². The minimum absolute atomic E-state index is 0.0298. The molecule has 0 unspecified atom stereocenters. The van der Waals surface area contributed by atoms with Gasteiger partial charge in [0, 0.05) is 31.1 Å². The Morgan fingerprint density at radius 3 is 2.76 bits per heavy atom. The van der Waals surface area contributed by atoms with E-state index < -0.39 is 16.1 Å². The van der Waals surface area contributed by atoms with Crippen LogP contribution in [0.4, 0.5) is 0 Å². The van der Waals surface area contributed by atoms with Crippen LogP contribution in [0.2, 0.25) is 5.02 Å². The molecule has 25 heavy (non-hydrogen) atoms. The molecule has 1 saturated heterocycles. The van der Waals surface area contributed by atoms with Crippen molar-refractivity contribution < 1.29 is 17.9 Å². The predicted octanol–water partition coefficient (Wildman–Crippen LogP) is 2.42. The summed E-state index contributed by atoms with van der Waals surface area (Å²) < 4.78 is 33.9. The van der Waals surface area contributed by atoms with E-state index in [9.17, 15) is 13.2 Å². The molecule has 1 heterocycles. The Morgan fingerprint density at radius 1 is 1.32 bits per heavy atom. The highest BCUT2D eigenvalue weighted by Gasteiger charge is 2.29. The molecule has 3 rings (SSSR count). The zero-order valence-corrected chi connectivity index (χ0v) is 15.8. The van der Waals surface area contributed by atoms with Crippen molar-refractivity contribution in [3.8, 4) is 5.75 Å². The SMILES string of the molecule is CN1CC[C@@H](NS(=O)(=O)c2cc(Cl)ccc2OCCC2CC2)CC1=O. The Bertz CT molecular complexity index is 749. The monoisotopic (exact) mass is 386 g/mol. The molecule has 1 N–H and O–H groups in total. The highest BCUT2D eigenvalue weighted by Crippen LogP contribution is 2.33. The lowest BCUT2D eigenvalue weighted by Crippen LogP contribution is -2.46. The van der Waals surface area contributed by atoms with Crippen molar-refractivity contribution in [3.05, 3.63) is 23.2 Å². The van der Waals surface area contributed by atoms with Gasteiger partial charge in [-0.2, -0.15) is 0 Å². The van der Waals surface area contributed by atoms with Gasteiger partial charge in [-0.05, 0) is 37.0 Å². The minimum atomic E-state index is -3.82. The Labute approximate surface area is 153 Å². The molecule has 138 valence electrons. The fraction of sp³-hybridized carbons (Fsp3) is 0.588. The molecular formula is C17H23ClN2O4S.